The van der Waals surface area contributed by atoms with E-state index < -0.39 is 0 Å². The van der Waals surface area contributed by atoms with Gasteiger partial charge in [0.2, 0.25) is 0 Å². The molecular weight excluding hydrogens is 212 g/mol. The summed E-state index contributed by atoms with van der Waals surface area (Å²) in [6, 6.07) is 6.11. The van der Waals surface area contributed by atoms with Crippen molar-refractivity contribution in [1.82, 2.24) is 9.88 Å². The molecule has 0 amide bonds. The molecule has 0 aliphatic rings. The monoisotopic (exact) mass is 236 g/mol. The van der Waals surface area contributed by atoms with E-state index in [-0.39, 0.29) is 12.0 Å². The van der Waals surface area contributed by atoms with Crippen LogP contribution in [-0.4, -0.2) is 34.7 Å². The van der Waals surface area contributed by atoms with E-state index in [1.165, 1.54) is 0 Å². The van der Waals surface area contributed by atoms with Gasteiger partial charge in [-0.2, -0.15) is 0 Å². The average Bonchev–Trinajstić information content (AvgIpc) is 2.28. The zero-order chi connectivity index (χ0) is 12.9. The van der Waals surface area contributed by atoms with Crippen LogP contribution in [0.25, 0.3) is 0 Å². The van der Waals surface area contributed by atoms with E-state index in [9.17, 15) is 5.11 Å². The number of nitrogens with zero attached hydrogens (tertiary/aromatic N) is 2. The van der Waals surface area contributed by atoms with Crippen LogP contribution in [0.15, 0.2) is 18.2 Å². The van der Waals surface area contributed by atoms with Crippen LogP contribution in [0.4, 0.5) is 0 Å². The first-order valence-corrected chi connectivity index (χ1v) is 6.22. The standard InChI is InChI=1S/C14H24N2O/c1-5-16(10-14(3,4)11-17)9-13-8-6-7-12(2)15-13/h6-8,17H,5,9-11H2,1-4H3. The van der Waals surface area contributed by atoms with Crippen LogP contribution >= 0.6 is 0 Å². The summed E-state index contributed by atoms with van der Waals surface area (Å²) in [5.41, 5.74) is 2.10. The van der Waals surface area contributed by atoms with Gasteiger partial charge in [0.15, 0.2) is 0 Å². The molecule has 0 saturated carbocycles. The molecule has 0 aliphatic carbocycles. The number of rotatable bonds is 6. The van der Waals surface area contributed by atoms with Crippen LogP contribution in [0.2, 0.25) is 0 Å². The summed E-state index contributed by atoms with van der Waals surface area (Å²) < 4.78 is 0. The molecule has 3 heteroatoms. The topological polar surface area (TPSA) is 36.4 Å². The maximum atomic E-state index is 9.31. The molecule has 17 heavy (non-hydrogen) atoms. The van der Waals surface area contributed by atoms with Crippen molar-refractivity contribution in [2.24, 2.45) is 5.41 Å². The minimum absolute atomic E-state index is 0.0557. The summed E-state index contributed by atoms with van der Waals surface area (Å²) in [5, 5.41) is 9.31. The Labute approximate surface area is 104 Å². The van der Waals surface area contributed by atoms with Crippen LogP contribution in [0, 0.1) is 12.3 Å². The van der Waals surface area contributed by atoms with Crippen molar-refractivity contribution in [3.63, 3.8) is 0 Å². The molecule has 0 radical (unpaired) electrons. The Kier molecular flexibility index (Phi) is 5.09. The van der Waals surface area contributed by atoms with E-state index in [4.69, 9.17) is 0 Å². The summed E-state index contributed by atoms with van der Waals surface area (Å²) in [7, 11) is 0. The predicted molar refractivity (Wildman–Crippen MR) is 70.8 cm³/mol. The maximum Gasteiger partial charge on any atom is 0.0547 e. The van der Waals surface area contributed by atoms with Crippen LogP contribution in [0.5, 0.6) is 0 Å². The Morgan fingerprint density at radius 1 is 1.35 bits per heavy atom. The summed E-state index contributed by atoms with van der Waals surface area (Å²) in [6.07, 6.45) is 0. The number of hydrogen-bond acceptors (Lipinski definition) is 3. The Hall–Kier alpha value is -0.930. The normalized spacial score (nSPS) is 12.1. The van der Waals surface area contributed by atoms with Crippen LogP contribution in [-0.2, 0) is 6.54 Å². The van der Waals surface area contributed by atoms with Gasteiger partial charge in [-0.3, -0.25) is 9.88 Å². The number of aryl methyl sites for hydroxylation is 1. The van der Waals surface area contributed by atoms with Gasteiger partial charge in [-0.1, -0.05) is 26.8 Å². The number of aliphatic hydroxyl groups excluding tert-OH is 1. The molecule has 0 aliphatic heterocycles. The molecule has 0 saturated heterocycles. The number of hydrogen-bond donors (Lipinski definition) is 1. The molecule has 0 unspecified atom stereocenters. The summed E-state index contributed by atoms with van der Waals surface area (Å²) in [5.74, 6) is 0. The van der Waals surface area contributed by atoms with Gasteiger partial charge in [-0.25, -0.2) is 0 Å². The second-order valence-corrected chi connectivity index (χ2v) is 5.40. The summed E-state index contributed by atoms with van der Waals surface area (Å²) >= 11 is 0. The lowest BCUT2D eigenvalue weighted by atomic mass is 9.94. The first kappa shape index (κ1) is 14.1. The molecule has 1 heterocycles. The van der Waals surface area contributed by atoms with Gasteiger partial charge in [0, 0.05) is 30.8 Å². The van der Waals surface area contributed by atoms with Gasteiger partial charge in [0.25, 0.3) is 0 Å². The third-order valence-corrected chi connectivity index (χ3v) is 2.86. The zero-order valence-corrected chi connectivity index (χ0v) is 11.4. The molecule has 0 atom stereocenters. The van der Waals surface area contributed by atoms with E-state index in [0.717, 1.165) is 31.0 Å². The van der Waals surface area contributed by atoms with Crippen molar-refractivity contribution in [3.8, 4) is 0 Å². The minimum atomic E-state index is -0.0557. The fourth-order valence-corrected chi connectivity index (χ4v) is 1.85. The highest BCUT2D eigenvalue weighted by atomic mass is 16.3. The molecule has 96 valence electrons. The van der Waals surface area contributed by atoms with E-state index in [0.29, 0.717) is 0 Å². The number of aliphatic hydroxyl groups is 1. The highest BCUT2D eigenvalue weighted by Crippen LogP contribution is 2.17. The third kappa shape index (κ3) is 4.84. The molecular formula is C14H24N2O. The predicted octanol–water partition coefficient (Wildman–Crippen LogP) is 2.23. The van der Waals surface area contributed by atoms with Crippen molar-refractivity contribution in [2.75, 3.05) is 19.7 Å². The number of aromatic nitrogens is 1. The maximum absolute atomic E-state index is 9.31. The lowest BCUT2D eigenvalue weighted by molar-refractivity contribution is 0.101. The fraction of sp³-hybridized carbons (Fsp3) is 0.643. The van der Waals surface area contributed by atoms with Gasteiger partial charge in [0.1, 0.15) is 0 Å². The van der Waals surface area contributed by atoms with Gasteiger partial charge in [-0.05, 0) is 25.6 Å². The molecule has 0 fully saturated rings. The lowest BCUT2D eigenvalue weighted by Gasteiger charge is -2.30. The Morgan fingerprint density at radius 3 is 2.59 bits per heavy atom. The molecule has 1 N–H and O–H groups in total. The summed E-state index contributed by atoms with van der Waals surface area (Å²) in [6.45, 7) is 11.2. The van der Waals surface area contributed by atoms with Gasteiger partial charge >= 0.3 is 0 Å². The van der Waals surface area contributed by atoms with Crippen molar-refractivity contribution in [1.29, 1.82) is 0 Å². The van der Waals surface area contributed by atoms with Crippen molar-refractivity contribution < 1.29 is 5.11 Å². The zero-order valence-electron chi connectivity index (χ0n) is 11.4. The molecule has 1 aromatic heterocycles. The van der Waals surface area contributed by atoms with E-state index in [1.807, 2.05) is 19.1 Å². The van der Waals surface area contributed by atoms with E-state index >= 15 is 0 Å². The largest absolute Gasteiger partial charge is 0.396 e. The molecule has 1 rings (SSSR count). The first-order valence-electron chi connectivity index (χ1n) is 6.22. The molecule has 1 aromatic rings. The molecule has 0 spiro atoms. The van der Waals surface area contributed by atoms with E-state index in [1.54, 1.807) is 0 Å². The Balaban J connectivity index is 2.64. The Morgan fingerprint density at radius 2 is 2.06 bits per heavy atom. The molecule has 0 aromatic carbocycles. The minimum Gasteiger partial charge on any atom is -0.396 e. The average molecular weight is 236 g/mol. The smallest absolute Gasteiger partial charge is 0.0547 e. The van der Waals surface area contributed by atoms with Crippen molar-refractivity contribution >= 4 is 0 Å². The van der Waals surface area contributed by atoms with Gasteiger partial charge in [0.05, 0.1) is 5.69 Å². The van der Waals surface area contributed by atoms with Crippen LogP contribution < -0.4 is 0 Å². The second-order valence-electron chi connectivity index (χ2n) is 5.40. The third-order valence-electron chi connectivity index (χ3n) is 2.86. The van der Waals surface area contributed by atoms with Crippen molar-refractivity contribution in [3.05, 3.63) is 29.6 Å². The highest BCUT2D eigenvalue weighted by Gasteiger charge is 2.20. The molecule has 0 bridgehead atoms. The van der Waals surface area contributed by atoms with E-state index in [2.05, 4.69) is 36.7 Å². The quantitative estimate of drug-likeness (QED) is 0.823. The Bertz CT molecular complexity index is 350. The molecule has 3 nitrogen and oxygen atoms in total. The second kappa shape index (κ2) is 6.12. The van der Waals surface area contributed by atoms with Gasteiger partial charge in [-0.15, -0.1) is 0 Å². The van der Waals surface area contributed by atoms with Crippen molar-refractivity contribution in [2.45, 2.75) is 34.2 Å². The first-order chi connectivity index (χ1) is 7.96. The lowest BCUT2D eigenvalue weighted by Crippen LogP contribution is -2.36. The van der Waals surface area contributed by atoms with Crippen LogP contribution in [0.1, 0.15) is 32.2 Å². The van der Waals surface area contributed by atoms with Gasteiger partial charge < -0.3 is 5.11 Å². The van der Waals surface area contributed by atoms with Crippen LogP contribution in [0.3, 0.4) is 0 Å². The fourth-order valence-electron chi connectivity index (χ4n) is 1.85. The number of pyridine rings is 1. The SMILES string of the molecule is CCN(Cc1cccc(C)n1)CC(C)(C)CO. The highest BCUT2D eigenvalue weighted by molar-refractivity contribution is 5.09. The summed E-state index contributed by atoms with van der Waals surface area (Å²) in [4.78, 5) is 6.83.